The number of nitriles is 1. The highest BCUT2D eigenvalue weighted by Gasteiger charge is 2.30. The molecule has 2 aromatic carbocycles. The fourth-order valence-corrected chi connectivity index (χ4v) is 8.84. The van der Waals surface area contributed by atoms with E-state index >= 15 is 0 Å². The number of nitrogens with one attached hydrogen (secondary N) is 1. The number of likely N-dealkylation sites (tertiary alicyclic amines) is 1. The minimum atomic E-state index is -3.01. The molecule has 3 saturated heterocycles. The van der Waals surface area contributed by atoms with Gasteiger partial charge in [0.2, 0.25) is 5.91 Å². The van der Waals surface area contributed by atoms with E-state index in [2.05, 4.69) is 55.2 Å². The standard InChI is InChI=1S/C38H45F2N9O4S/c1-25(23-47-12-8-26(9-13-47)27-3-5-34-30(17-27)20-45-49(34)35-6-7-36(50)46-37(35)51)16-29-18-33(4-2-28(29)19-41)54(52)48-14-10-31(11-15-48)44-22-32(21-43-24-42)53-38(39)40/h2-5,17-18,20-22,24-26,31,35,38H,6-16,23H2,1H3,(H2,42,43)(H,46,50,51)/b32-21+,44-22?. The first-order valence-electron chi connectivity index (χ1n) is 18.3. The SMILES string of the molecule is CC(Cc1cc(S(=O)N2CCC(N=C/C(=C\N=CN)OC(F)F)CC2)ccc1C#N)CN1CCC(c2ccc3c(cnn3C3CCC(=O)NC3=O)c2)CC1. The van der Waals surface area contributed by atoms with Crippen molar-refractivity contribution in [3.05, 3.63) is 71.2 Å². The second-order valence-corrected chi connectivity index (χ2v) is 15.6. The second kappa shape index (κ2) is 18.0. The van der Waals surface area contributed by atoms with Gasteiger partial charge < -0.3 is 15.4 Å². The van der Waals surface area contributed by atoms with E-state index in [1.165, 1.54) is 11.8 Å². The van der Waals surface area contributed by atoms with Crippen LogP contribution < -0.4 is 11.1 Å². The maximum atomic E-state index is 13.6. The average Bonchev–Trinajstić information content (AvgIpc) is 3.59. The van der Waals surface area contributed by atoms with Gasteiger partial charge in [-0.25, -0.2) is 13.5 Å². The van der Waals surface area contributed by atoms with Crippen molar-refractivity contribution in [1.82, 2.24) is 24.3 Å². The Kier molecular flexibility index (Phi) is 12.9. The predicted octanol–water partition coefficient (Wildman–Crippen LogP) is 4.57. The van der Waals surface area contributed by atoms with Gasteiger partial charge in [0.05, 0.1) is 53.0 Å². The summed E-state index contributed by atoms with van der Waals surface area (Å²) in [6, 6.07) is 13.4. The first-order chi connectivity index (χ1) is 26.1. The van der Waals surface area contributed by atoms with Crippen LogP contribution in [0.1, 0.15) is 74.1 Å². The number of carbonyl (C=O) groups is 2. The molecule has 286 valence electrons. The molecule has 3 aliphatic rings. The predicted molar refractivity (Wildman–Crippen MR) is 201 cm³/mol. The number of ether oxygens (including phenoxy) is 1. The summed E-state index contributed by atoms with van der Waals surface area (Å²) in [4.78, 5) is 35.1. The van der Waals surface area contributed by atoms with Gasteiger partial charge >= 0.3 is 6.61 Å². The summed E-state index contributed by atoms with van der Waals surface area (Å²) in [5.74, 6) is -0.0672. The van der Waals surface area contributed by atoms with Gasteiger partial charge in [0.15, 0.2) is 5.76 Å². The lowest BCUT2D eigenvalue weighted by Gasteiger charge is -2.34. The number of aliphatic imine (C=N–C) groups is 2. The Bertz CT molecular complexity index is 1980. The van der Waals surface area contributed by atoms with Gasteiger partial charge in [-0.15, -0.1) is 0 Å². The molecule has 13 nitrogen and oxygen atoms in total. The number of rotatable bonds is 13. The van der Waals surface area contributed by atoms with Crippen LogP contribution in [0.15, 0.2) is 69.4 Å². The van der Waals surface area contributed by atoms with E-state index in [-0.39, 0.29) is 29.5 Å². The molecule has 3 unspecified atom stereocenters. The molecule has 0 spiro atoms. The zero-order valence-electron chi connectivity index (χ0n) is 30.2. The molecule has 4 heterocycles. The zero-order chi connectivity index (χ0) is 38.2. The highest BCUT2D eigenvalue weighted by Crippen LogP contribution is 2.32. The molecule has 3 N–H and O–H groups in total. The molecule has 0 aliphatic carbocycles. The van der Waals surface area contributed by atoms with Crippen LogP contribution in [0.25, 0.3) is 10.9 Å². The lowest BCUT2D eigenvalue weighted by molar-refractivity contribution is -0.135. The van der Waals surface area contributed by atoms with Crippen LogP contribution in [0.5, 0.6) is 0 Å². The highest BCUT2D eigenvalue weighted by atomic mass is 32.2. The van der Waals surface area contributed by atoms with E-state index in [9.17, 15) is 27.8 Å². The number of amides is 2. The van der Waals surface area contributed by atoms with Gasteiger partial charge in [-0.1, -0.05) is 13.0 Å². The number of aromatic nitrogens is 2. The van der Waals surface area contributed by atoms with Crippen molar-refractivity contribution in [2.45, 2.75) is 81.4 Å². The van der Waals surface area contributed by atoms with E-state index in [4.69, 9.17) is 5.73 Å². The average molecular weight is 762 g/mol. The summed E-state index contributed by atoms with van der Waals surface area (Å²) >= 11 is 0. The molecule has 3 aromatic rings. The van der Waals surface area contributed by atoms with E-state index in [1.54, 1.807) is 23.0 Å². The third kappa shape index (κ3) is 9.62. The van der Waals surface area contributed by atoms with Gasteiger partial charge in [0, 0.05) is 31.4 Å². The van der Waals surface area contributed by atoms with Crippen molar-refractivity contribution in [3.8, 4) is 6.07 Å². The molecule has 3 fully saturated rings. The Labute approximate surface area is 315 Å². The van der Waals surface area contributed by atoms with Gasteiger partial charge in [-0.05, 0) is 105 Å². The van der Waals surface area contributed by atoms with Gasteiger partial charge in [0.1, 0.15) is 17.0 Å². The lowest BCUT2D eigenvalue weighted by atomic mass is 9.88. The number of halogens is 2. The molecule has 16 heteroatoms. The number of hydrogen-bond donors (Lipinski definition) is 2. The van der Waals surface area contributed by atoms with Gasteiger partial charge in [0.25, 0.3) is 5.91 Å². The fraction of sp³-hybridized carbons (Fsp3) is 0.474. The molecule has 2 amide bonds. The van der Waals surface area contributed by atoms with E-state index in [1.807, 2.05) is 16.4 Å². The Morgan fingerprint density at radius 3 is 2.61 bits per heavy atom. The van der Waals surface area contributed by atoms with Crippen molar-refractivity contribution in [2.75, 3.05) is 32.7 Å². The third-order valence-corrected chi connectivity index (χ3v) is 11.8. The third-order valence-electron chi connectivity index (χ3n) is 10.3. The van der Waals surface area contributed by atoms with Crippen molar-refractivity contribution >= 4 is 46.3 Å². The number of piperidine rings is 3. The summed E-state index contributed by atoms with van der Waals surface area (Å²) in [7, 11) is -1.43. The number of nitrogens with zero attached hydrogens (tertiary/aromatic N) is 7. The monoisotopic (exact) mass is 761 g/mol. The maximum Gasteiger partial charge on any atom is 0.387 e. The Morgan fingerprint density at radius 2 is 1.91 bits per heavy atom. The second-order valence-electron chi connectivity index (χ2n) is 14.1. The first kappa shape index (κ1) is 38.9. The largest absolute Gasteiger partial charge is 0.432 e. The van der Waals surface area contributed by atoms with E-state index in [0.717, 1.165) is 61.5 Å². The van der Waals surface area contributed by atoms with Gasteiger partial charge in [-0.2, -0.15) is 19.1 Å². The highest BCUT2D eigenvalue weighted by molar-refractivity contribution is 7.82. The normalized spacial score (nSPS) is 21.2. The quantitative estimate of drug-likeness (QED) is 0.110. The molecular weight excluding hydrogens is 717 g/mol. The Morgan fingerprint density at radius 1 is 1.13 bits per heavy atom. The molecule has 0 radical (unpaired) electrons. The Hall–Kier alpha value is -4.85. The zero-order valence-corrected chi connectivity index (χ0v) is 31.0. The van der Waals surface area contributed by atoms with Crippen molar-refractivity contribution in [2.24, 2.45) is 21.6 Å². The minimum absolute atomic E-state index is 0.145. The van der Waals surface area contributed by atoms with E-state index < -0.39 is 23.6 Å². The van der Waals surface area contributed by atoms with Crippen molar-refractivity contribution in [1.29, 1.82) is 5.26 Å². The Balaban J connectivity index is 0.998. The molecule has 3 aliphatic heterocycles. The summed E-state index contributed by atoms with van der Waals surface area (Å²) in [6.45, 7) is 2.98. The summed E-state index contributed by atoms with van der Waals surface area (Å²) in [5, 5.41) is 17.8. The van der Waals surface area contributed by atoms with Crippen molar-refractivity contribution in [3.63, 3.8) is 0 Å². The number of hydrogen-bond acceptors (Lipinski definition) is 9. The van der Waals surface area contributed by atoms with Crippen LogP contribution in [0.4, 0.5) is 8.78 Å². The maximum absolute atomic E-state index is 13.6. The molecule has 54 heavy (non-hydrogen) atoms. The number of fused-ring (bicyclic) bond motifs is 1. The van der Waals surface area contributed by atoms with Crippen LogP contribution in [-0.4, -0.2) is 92.9 Å². The van der Waals surface area contributed by atoms with Crippen LogP contribution in [-0.2, 0) is 31.7 Å². The summed E-state index contributed by atoms with van der Waals surface area (Å²) in [5.41, 5.74) is 8.80. The van der Waals surface area contributed by atoms with Crippen LogP contribution in [0, 0.1) is 17.2 Å². The molecule has 3 atom stereocenters. The van der Waals surface area contributed by atoms with Crippen LogP contribution in [0.2, 0.25) is 0 Å². The molecule has 6 rings (SSSR count). The summed E-state index contributed by atoms with van der Waals surface area (Å²) in [6.07, 6.45) is 9.70. The minimum Gasteiger partial charge on any atom is -0.432 e. The molecular formula is C38H45F2N9O4S. The van der Waals surface area contributed by atoms with Gasteiger partial charge in [-0.3, -0.25) is 24.6 Å². The summed E-state index contributed by atoms with van der Waals surface area (Å²) < 4.78 is 47.1. The fourth-order valence-electron chi connectivity index (χ4n) is 7.57. The van der Waals surface area contributed by atoms with Crippen molar-refractivity contribution < 1.29 is 27.3 Å². The lowest BCUT2D eigenvalue weighted by Crippen LogP contribution is -2.42. The number of alkyl halides is 2. The molecule has 1 aromatic heterocycles. The number of imide groups is 1. The molecule has 0 saturated carbocycles. The van der Waals surface area contributed by atoms with Crippen LogP contribution >= 0.6 is 0 Å². The number of benzene rings is 2. The number of nitrogens with two attached hydrogens (primary N) is 1. The first-order valence-corrected chi connectivity index (χ1v) is 19.4. The van der Waals surface area contributed by atoms with Crippen LogP contribution in [0.3, 0.4) is 0 Å². The number of allylic oxidation sites excluding steroid dienone is 1. The van der Waals surface area contributed by atoms with E-state index in [0.29, 0.717) is 61.6 Å². The topological polar surface area (TPSA) is 171 Å². The number of carbonyl (C=O) groups excluding carboxylic acids is 2. The smallest absolute Gasteiger partial charge is 0.387 e. The molecule has 0 bridgehead atoms.